The van der Waals surface area contributed by atoms with Crippen LogP contribution in [0.1, 0.15) is 60.3 Å². The molecule has 0 aromatic heterocycles. The first-order chi connectivity index (χ1) is 7.41. The summed E-state index contributed by atoms with van der Waals surface area (Å²) < 4.78 is 10.2. The van der Waals surface area contributed by atoms with E-state index in [1.807, 2.05) is 0 Å². The highest BCUT2D eigenvalue weighted by Gasteiger charge is 2.28. The van der Waals surface area contributed by atoms with Crippen LogP contribution in [-0.2, 0) is 9.47 Å². The maximum absolute atomic E-state index is 11.3. The Hall–Kier alpha value is -0.730. The number of unbranched alkanes of at least 4 members (excludes halogenated alkanes) is 2. The van der Waals surface area contributed by atoms with Crippen molar-refractivity contribution in [3.8, 4) is 0 Å². The van der Waals surface area contributed by atoms with E-state index in [4.69, 9.17) is 9.47 Å². The van der Waals surface area contributed by atoms with Crippen LogP contribution in [0.2, 0.25) is 0 Å². The van der Waals surface area contributed by atoms with Crippen molar-refractivity contribution in [3.63, 3.8) is 0 Å². The van der Waals surface area contributed by atoms with Crippen molar-refractivity contribution < 1.29 is 14.3 Å². The van der Waals surface area contributed by atoms with Gasteiger partial charge in [0, 0.05) is 0 Å². The average molecular weight is 230 g/mol. The zero-order valence-electron chi connectivity index (χ0n) is 11.3. The third-order valence-corrected chi connectivity index (χ3v) is 2.54. The van der Waals surface area contributed by atoms with Crippen LogP contribution in [0, 0.1) is 5.41 Å². The van der Waals surface area contributed by atoms with Crippen molar-refractivity contribution >= 4 is 6.16 Å². The molecule has 0 aliphatic carbocycles. The van der Waals surface area contributed by atoms with Crippen LogP contribution < -0.4 is 0 Å². The van der Waals surface area contributed by atoms with Gasteiger partial charge in [-0.25, -0.2) is 4.79 Å². The van der Waals surface area contributed by atoms with Gasteiger partial charge < -0.3 is 9.47 Å². The van der Waals surface area contributed by atoms with E-state index < -0.39 is 6.16 Å². The number of carbonyl (C=O) groups is 1. The molecule has 0 rings (SSSR count). The molecule has 0 aromatic carbocycles. The maximum Gasteiger partial charge on any atom is 0.508 e. The first kappa shape index (κ1) is 15.3. The van der Waals surface area contributed by atoms with Crippen molar-refractivity contribution in [1.29, 1.82) is 0 Å². The Bertz CT molecular complexity index is 194. The van der Waals surface area contributed by atoms with Gasteiger partial charge in [-0.3, -0.25) is 0 Å². The molecule has 16 heavy (non-hydrogen) atoms. The minimum atomic E-state index is -0.543. The van der Waals surface area contributed by atoms with Crippen molar-refractivity contribution in [1.82, 2.24) is 0 Å². The molecule has 0 saturated heterocycles. The molecule has 0 heterocycles. The monoisotopic (exact) mass is 230 g/mol. The molecule has 0 aromatic rings. The van der Waals surface area contributed by atoms with Gasteiger partial charge in [0.1, 0.15) is 6.10 Å². The van der Waals surface area contributed by atoms with Crippen LogP contribution in [0.15, 0.2) is 0 Å². The lowest BCUT2D eigenvalue weighted by Crippen LogP contribution is -2.32. The van der Waals surface area contributed by atoms with E-state index in [9.17, 15) is 4.79 Å². The lowest BCUT2D eigenvalue weighted by molar-refractivity contribution is -0.0197. The third-order valence-electron chi connectivity index (χ3n) is 2.54. The molecule has 0 radical (unpaired) electrons. The zero-order valence-corrected chi connectivity index (χ0v) is 11.3. The summed E-state index contributed by atoms with van der Waals surface area (Å²) in [5.41, 5.74) is -0.0273. The molecule has 0 saturated carbocycles. The summed E-state index contributed by atoms with van der Waals surface area (Å²) in [6.45, 7) is 10.6. The number of rotatable bonds is 6. The van der Waals surface area contributed by atoms with Gasteiger partial charge in [0.2, 0.25) is 0 Å². The van der Waals surface area contributed by atoms with E-state index in [1.165, 1.54) is 12.8 Å². The van der Waals surface area contributed by atoms with E-state index in [1.54, 1.807) is 6.92 Å². The fourth-order valence-electron chi connectivity index (χ4n) is 1.52. The maximum atomic E-state index is 11.3. The van der Waals surface area contributed by atoms with Crippen LogP contribution in [0.4, 0.5) is 4.79 Å². The van der Waals surface area contributed by atoms with E-state index in [0.29, 0.717) is 6.61 Å². The number of hydrogen-bond acceptors (Lipinski definition) is 3. The molecule has 0 spiro atoms. The Balaban J connectivity index is 4.16. The summed E-state index contributed by atoms with van der Waals surface area (Å²) in [5, 5.41) is 0. The van der Waals surface area contributed by atoms with Crippen molar-refractivity contribution in [2.75, 3.05) is 6.61 Å². The van der Waals surface area contributed by atoms with Crippen molar-refractivity contribution in [2.45, 2.75) is 66.4 Å². The van der Waals surface area contributed by atoms with Crippen molar-refractivity contribution in [2.24, 2.45) is 5.41 Å². The minimum absolute atomic E-state index is 0.0273. The van der Waals surface area contributed by atoms with Crippen LogP contribution in [0.3, 0.4) is 0 Å². The first-order valence-corrected chi connectivity index (χ1v) is 6.25. The van der Waals surface area contributed by atoms with E-state index in [-0.39, 0.29) is 11.5 Å². The normalized spacial score (nSPS) is 13.3. The summed E-state index contributed by atoms with van der Waals surface area (Å²) in [5.74, 6) is 0. The molecule has 96 valence electrons. The summed E-state index contributed by atoms with van der Waals surface area (Å²) in [6.07, 6.45) is 3.76. The highest BCUT2D eigenvalue weighted by molar-refractivity contribution is 5.60. The molecule has 1 unspecified atom stereocenters. The Morgan fingerprint density at radius 1 is 1.19 bits per heavy atom. The van der Waals surface area contributed by atoms with Crippen LogP contribution in [-0.4, -0.2) is 18.9 Å². The van der Waals surface area contributed by atoms with Gasteiger partial charge in [-0.15, -0.1) is 0 Å². The molecule has 0 aliphatic rings. The highest BCUT2D eigenvalue weighted by Crippen LogP contribution is 2.27. The number of carbonyl (C=O) groups excluding carboxylic acids is 1. The summed E-state index contributed by atoms with van der Waals surface area (Å²) in [7, 11) is 0. The molecule has 0 bridgehead atoms. The van der Waals surface area contributed by atoms with Crippen LogP contribution in [0.5, 0.6) is 0 Å². The lowest BCUT2D eigenvalue weighted by Gasteiger charge is -2.29. The second-order valence-electron chi connectivity index (χ2n) is 5.15. The van der Waals surface area contributed by atoms with Gasteiger partial charge in [-0.2, -0.15) is 0 Å². The predicted octanol–water partition coefficient (Wildman–Crippen LogP) is 4.15. The molecule has 3 heteroatoms. The SMILES string of the molecule is CCCCCC(OC(=O)OCC)C(C)(C)C. The average Bonchev–Trinajstić information content (AvgIpc) is 2.15. The first-order valence-electron chi connectivity index (χ1n) is 6.25. The number of hydrogen-bond donors (Lipinski definition) is 0. The molecule has 0 amide bonds. The quantitative estimate of drug-likeness (QED) is 0.508. The van der Waals surface area contributed by atoms with E-state index in [0.717, 1.165) is 12.8 Å². The topological polar surface area (TPSA) is 35.5 Å². The molecule has 0 aliphatic heterocycles. The fourth-order valence-corrected chi connectivity index (χ4v) is 1.52. The third kappa shape index (κ3) is 6.70. The summed E-state index contributed by atoms with van der Waals surface area (Å²) in [6, 6.07) is 0. The van der Waals surface area contributed by atoms with Gasteiger partial charge in [0.25, 0.3) is 0 Å². The minimum Gasteiger partial charge on any atom is -0.435 e. The zero-order chi connectivity index (χ0) is 12.6. The molecular formula is C13H26O3. The standard InChI is InChI=1S/C13H26O3/c1-6-8-9-10-11(13(3,4)5)16-12(14)15-7-2/h11H,6-10H2,1-5H3. The highest BCUT2D eigenvalue weighted by atomic mass is 16.7. The van der Waals surface area contributed by atoms with Crippen molar-refractivity contribution in [3.05, 3.63) is 0 Å². The second kappa shape index (κ2) is 7.53. The molecule has 0 fully saturated rings. The van der Waals surface area contributed by atoms with Gasteiger partial charge in [-0.1, -0.05) is 40.5 Å². The van der Waals surface area contributed by atoms with Gasteiger partial charge in [0.05, 0.1) is 6.61 Å². The predicted molar refractivity (Wildman–Crippen MR) is 65.5 cm³/mol. The lowest BCUT2D eigenvalue weighted by atomic mass is 9.86. The van der Waals surface area contributed by atoms with Gasteiger partial charge >= 0.3 is 6.16 Å². The fraction of sp³-hybridized carbons (Fsp3) is 0.923. The molecule has 0 N–H and O–H groups in total. The van der Waals surface area contributed by atoms with Gasteiger partial charge in [0.15, 0.2) is 0 Å². The van der Waals surface area contributed by atoms with Crippen LogP contribution in [0.25, 0.3) is 0 Å². The Morgan fingerprint density at radius 3 is 2.25 bits per heavy atom. The molecular weight excluding hydrogens is 204 g/mol. The number of ether oxygens (including phenoxy) is 2. The second-order valence-corrected chi connectivity index (χ2v) is 5.15. The molecule has 1 atom stereocenters. The molecule has 3 nitrogen and oxygen atoms in total. The summed E-state index contributed by atoms with van der Waals surface area (Å²) >= 11 is 0. The van der Waals surface area contributed by atoms with E-state index >= 15 is 0 Å². The Labute approximate surface area is 99.5 Å². The largest absolute Gasteiger partial charge is 0.508 e. The van der Waals surface area contributed by atoms with Crippen LogP contribution >= 0.6 is 0 Å². The van der Waals surface area contributed by atoms with Gasteiger partial charge in [-0.05, 0) is 25.2 Å². The Morgan fingerprint density at radius 2 is 1.81 bits per heavy atom. The Kier molecular flexibility index (Phi) is 7.18. The van der Waals surface area contributed by atoms with E-state index in [2.05, 4.69) is 27.7 Å². The smallest absolute Gasteiger partial charge is 0.435 e. The summed E-state index contributed by atoms with van der Waals surface area (Å²) in [4.78, 5) is 11.3.